The van der Waals surface area contributed by atoms with Crippen molar-refractivity contribution in [3.05, 3.63) is 33.8 Å². The zero-order valence-corrected chi connectivity index (χ0v) is 14.1. The molecular formula is C13H17N3OS3. The molecule has 0 bridgehead atoms. The molecule has 20 heavy (non-hydrogen) atoms. The quantitative estimate of drug-likeness (QED) is 0.598. The van der Waals surface area contributed by atoms with Gasteiger partial charge < -0.3 is 4.74 Å². The van der Waals surface area contributed by atoms with Crippen LogP contribution in [0, 0.1) is 3.95 Å². The molecule has 0 radical (unpaired) electrons. The van der Waals surface area contributed by atoms with Crippen molar-refractivity contribution in [2.24, 2.45) is 0 Å². The van der Waals surface area contributed by atoms with Crippen LogP contribution in [0.1, 0.15) is 5.56 Å². The molecule has 0 N–H and O–H groups in total. The summed E-state index contributed by atoms with van der Waals surface area (Å²) in [5.74, 6) is 0.880. The maximum Gasteiger partial charge on any atom is 0.181 e. The monoisotopic (exact) mass is 327 g/mol. The van der Waals surface area contributed by atoms with E-state index in [-0.39, 0.29) is 0 Å². The molecule has 2 aromatic rings. The van der Waals surface area contributed by atoms with Gasteiger partial charge >= 0.3 is 0 Å². The van der Waals surface area contributed by atoms with E-state index in [1.54, 1.807) is 30.2 Å². The molecule has 1 aromatic heterocycles. The minimum Gasteiger partial charge on any atom is -0.497 e. The lowest BCUT2D eigenvalue weighted by Gasteiger charge is -2.16. The number of rotatable bonds is 6. The summed E-state index contributed by atoms with van der Waals surface area (Å²) in [5.41, 5.74) is 1.21. The van der Waals surface area contributed by atoms with Crippen LogP contribution in [-0.2, 0) is 13.2 Å². The molecule has 0 aliphatic heterocycles. The Bertz CT molecular complexity index is 623. The van der Waals surface area contributed by atoms with Gasteiger partial charge in [0.1, 0.15) is 5.75 Å². The maximum atomic E-state index is 5.32. The third kappa shape index (κ3) is 4.05. The normalized spacial score (nSPS) is 11.0. The Morgan fingerprint density at radius 2 is 2.30 bits per heavy atom. The molecule has 0 saturated heterocycles. The van der Waals surface area contributed by atoms with Gasteiger partial charge in [0.25, 0.3) is 0 Å². The van der Waals surface area contributed by atoms with E-state index in [1.165, 1.54) is 5.56 Å². The van der Waals surface area contributed by atoms with Gasteiger partial charge in [-0.25, -0.2) is 4.68 Å². The highest BCUT2D eigenvalue weighted by Gasteiger charge is 2.06. The van der Waals surface area contributed by atoms with Gasteiger partial charge in [-0.3, -0.25) is 4.90 Å². The smallest absolute Gasteiger partial charge is 0.181 e. The predicted molar refractivity (Wildman–Crippen MR) is 87.2 cm³/mol. The zero-order chi connectivity index (χ0) is 14.5. The Labute approximate surface area is 132 Å². The van der Waals surface area contributed by atoms with Crippen LogP contribution in [0.25, 0.3) is 0 Å². The number of aromatic nitrogens is 2. The molecule has 0 saturated carbocycles. The SMILES string of the molecule is COc1cccc(CN(C)Cn2nc(SC)sc2=S)c1. The van der Waals surface area contributed by atoms with E-state index in [9.17, 15) is 0 Å². The number of hydrogen-bond donors (Lipinski definition) is 0. The molecule has 0 aliphatic rings. The number of hydrogen-bond acceptors (Lipinski definition) is 6. The highest BCUT2D eigenvalue weighted by molar-refractivity contribution is 8.00. The average molecular weight is 328 g/mol. The van der Waals surface area contributed by atoms with Crippen LogP contribution < -0.4 is 4.74 Å². The lowest BCUT2D eigenvalue weighted by molar-refractivity contribution is 0.243. The van der Waals surface area contributed by atoms with Gasteiger partial charge in [-0.2, -0.15) is 5.10 Å². The second kappa shape index (κ2) is 7.21. The summed E-state index contributed by atoms with van der Waals surface area (Å²) in [6.45, 7) is 1.51. The number of ether oxygens (including phenoxy) is 1. The average Bonchev–Trinajstić information content (AvgIpc) is 2.79. The summed E-state index contributed by atoms with van der Waals surface area (Å²) >= 11 is 8.50. The molecule has 1 aromatic carbocycles. The second-order valence-corrected chi connectivity index (χ2v) is 7.02. The van der Waals surface area contributed by atoms with Gasteiger partial charge in [0, 0.05) is 6.54 Å². The van der Waals surface area contributed by atoms with Crippen LogP contribution in [0.4, 0.5) is 0 Å². The van der Waals surface area contributed by atoms with Crippen LogP contribution in [0.2, 0.25) is 0 Å². The van der Waals surface area contributed by atoms with Crippen LogP contribution in [0.5, 0.6) is 5.75 Å². The standard InChI is InChI=1S/C13H17N3OS3/c1-15(8-10-5-4-6-11(7-10)17-2)9-16-13(18)20-12(14-16)19-3/h4-7H,8-9H2,1-3H3. The van der Waals surface area contributed by atoms with Crippen molar-refractivity contribution in [3.63, 3.8) is 0 Å². The van der Waals surface area contributed by atoms with Crippen molar-refractivity contribution in [3.8, 4) is 5.75 Å². The molecule has 0 amide bonds. The number of methoxy groups -OCH3 is 1. The molecule has 0 atom stereocenters. The van der Waals surface area contributed by atoms with E-state index in [4.69, 9.17) is 17.0 Å². The molecule has 0 aliphatic carbocycles. The largest absolute Gasteiger partial charge is 0.497 e. The molecule has 2 rings (SSSR count). The van der Waals surface area contributed by atoms with Crippen molar-refractivity contribution in [2.45, 2.75) is 17.6 Å². The first-order valence-corrected chi connectivity index (χ1v) is 8.50. The van der Waals surface area contributed by atoms with Gasteiger partial charge in [0.2, 0.25) is 0 Å². The molecule has 108 valence electrons. The Morgan fingerprint density at radius 1 is 1.50 bits per heavy atom. The van der Waals surface area contributed by atoms with Gasteiger partial charge in [0.05, 0.1) is 13.8 Å². The number of nitrogens with zero attached hydrogens (tertiary/aromatic N) is 3. The van der Waals surface area contributed by atoms with Crippen LogP contribution in [0.15, 0.2) is 28.6 Å². The number of thioether (sulfide) groups is 1. The van der Waals surface area contributed by atoms with E-state index in [1.807, 2.05) is 29.1 Å². The third-order valence-corrected chi connectivity index (χ3v) is 5.01. The Balaban J connectivity index is 2.02. The Hall–Kier alpha value is -0.890. The first-order valence-electron chi connectivity index (χ1n) is 6.06. The maximum absolute atomic E-state index is 5.32. The number of benzene rings is 1. The van der Waals surface area contributed by atoms with Crippen molar-refractivity contribution in [1.82, 2.24) is 14.7 Å². The van der Waals surface area contributed by atoms with Crippen molar-refractivity contribution in [2.75, 3.05) is 20.4 Å². The molecule has 4 nitrogen and oxygen atoms in total. The molecule has 0 unspecified atom stereocenters. The van der Waals surface area contributed by atoms with E-state index in [0.717, 1.165) is 20.6 Å². The van der Waals surface area contributed by atoms with Crippen molar-refractivity contribution < 1.29 is 4.74 Å². The van der Waals surface area contributed by atoms with Gasteiger partial charge in [0.15, 0.2) is 8.29 Å². The fraction of sp³-hybridized carbons (Fsp3) is 0.385. The summed E-state index contributed by atoms with van der Waals surface area (Å²) in [4.78, 5) is 2.17. The summed E-state index contributed by atoms with van der Waals surface area (Å²) < 4.78 is 8.92. The van der Waals surface area contributed by atoms with Crippen LogP contribution in [0.3, 0.4) is 0 Å². The Morgan fingerprint density at radius 3 is 2.95 bits per heavy atom. The topological polar surface area (TPSA) is 30.3 Å². The second-order valence-electron chi connectivity index (χ2n) is 4.34. The summed E-state index contributed by atoms with van der Waals surface area (Å²) in [7, 11) is 3.74. The van der Waals surface area contributed by atoms with Crippen LogP contribution in [-0.4, -0.2) is 35.1 Å². The first kappa shape index (κ1) is 15.5. The molecule has 7 heteroatoms. The fourth-order valence-electron chi connectivity index (χ4n) is 1.82. The zero-order valence-electron chi connectivity index (χ0n) is 11.7. The summed E-state index contributed by atoms with van der Waals surface area (Å²) in [6.07, 6.45) is 2.01. The lowest BCUT2D eigenvalue weighted by Crippen LogP contribution is -2.22. The van der Waals surface area contributed by atoms with Gasteiger partial charge in [-0.05, 0) is 43.2 Å². The summed E-state index contributed by atoms with van der Waals surface area (Å²) in [6, 6.07) is 8.09. The van der Waals surface area contributed by atoms with E-state index >= 15 is 0 Å². The molecule has 0 fully saturated rings. The highest BCUT2D eigenvalue weighted by atomic mass is 32.2. The Kier molecular flexibility index (Phi) is 5.59. The summed E-state index contributed by atoms with van der Waals surface area (Å²) in [5, 5.41) is 4.47. The lowest BCUT2D eigenvalue weighted by atomic mass is 10.2. The van der Waals surface area contributed by atoms with E-state index in [2.05, 4.69) is 23.1 Å². The van der Waals surface area contributed by atoms with Crippen molar-refractivity contribution in [1.29, 1.82) is 0 Å². The van der Waals surface area contributed by atoms with E-state index < -0.39 is 0 Å². The minimum atomic E-state index is 0.688. The predicted octanol–water partition coefficient (Wildman–Crippen LogP) is 3.49. The van der Waals surface area contributed by atoms with E-state index in [0.29, 0.717) is 6.67 Å². The van der Waals surface area contributed by atoms with Crippen LogP contribution >= 0.6 is 35.3 Å². The minimum absolute atomic E-state index is 0.688. The third-order valence-electron chi connectivity index (χ3n) is 2.72. The first-order chi connectivity index (χ1) is 9.62. The highest BCUT2D eigenvalue weighted by Crippen LogP contribution is 2.19. The molecule has 0 spiro atoms. The molecule has 1 heterocycles. The fourth-order valence-corrected chi connectivity index (χ4v) is 3.56. The van der Waals surface area contributed by atoms with Gasteiger partial charge in [-0.1, -0.05) is 35.2 Å². The van der Waals surface area contributed by atoms with Crippen molar-refractivity contribution >= 4 is 35.3 Å². The molecular weight excluding hydrogens is 310 g/mol. The van der Waals surface area contributed by atoms with Gasteiger partial charge in [-0.15, -0.1) is 0 Å².